The molecular weight excluding hydrogens is 500 g/mol. The molecular formula is C26H21BrN2O5. The maximum absolute atomic E-state index is 12.6. The van der Waals surface area contributed by atoms with Gasteiger partial charge in [-0.05, 0) is 76.5 Å². The summed E-state index contributed by atoms with van der Waals surface area (Å²) in [6.07, 6.45) is 1.44. The van der Waals surface area contributed by atoms with Crippen LogP contribution in [-0.2, 0) is 11.4 Å². The van der Waals surface area contributed by atoms with Gasteiger partial charge >= 0.3 is 5.97 Å². The van der Waals surface area contributed by atoms with Crippen molar-refractivity contribution in [1.82, 2.24) is 0 Å². The molecule has 34 heavy (non-hydrogen) atoms. The number of hydrogen-bond donors (Lipinski definition) is 2. The zero-order chi connectivity index (χ0) is 24.5. The summed E-state index contributed by atoms with van der Waals surface area (Å²) in [5.41, 5.74) is 1.90. The summed E-state index contributed by atoms with van der Waals surface area (Å²) >= 11 is 3.50. The fraction of sp³-hybridized carbons (Fsp3) is 0.115. The van der Waals surface area contributed by atoms with Crippen LogP contribution in [0.2, 0.25) is 0 Å². The summed E-state index contributed by atoms with van der Waals surface area (Å²) < 4.78 is 12.3. The zero-order valence-corrected chi connectivity index (χ0v) is 19.8. The van der Waals surface area contributed by atoms with Crippen LogP contribution in [0.4, 0.5) is 5.69 Å². The van der Waals surface area contributed by atoms with E-state index >= 15 is 0 Å². The normalized spacial score (nSPS) is 10.8. The van der Waals surface area contributed by atoms with Crippen molar-refractivity contribution in [2.24, 2.45) is 0 Å². The molecule has 3 aromatic carbocycles. The first-order valence-electron chi connectivity index (χ1n) is 10.3. The molecule has 0 unspecified atom stereocenters. The number of halogens is 1. The highest BCUT2D eigenvalue weighted by atomic mass is 79.9. The van der Waals surface area contributed by atoms with Gasteiger partial charge in [-0.25, -0.2) is 4.79 Å². The van der Waals surface area contributed by atoms with E-state index in [2.05, 4.69) is 21.2 Å². The van der Waals surface area contributed by atoms with Gasteiger partial charge in [-0.2, -0.15) is 5.26 Å². The number of nitrogens with one attached hydrogen (secondary N) is 1. The third-order valence-corrected chi connectivity index (χ3v) is 5.21. The van der Waals surface area contributed by atoms with Gasteiger partial charge in [0.2, 0.25) is 0 Å². The Balaban J connectivity index is 1.82. The second kappa shape index (κ2) is 11.7. The van der Waals surface area contributed by atoms with Gasteiger partial charge in [0.05, 0.1) is 16.6 Å². The summed E-state index contributed by atoms with van der Waals surface area (Å²) in [7, 11) is 0. The van der Waals surface area contributed by atoms with E-state index in [0.29, 0.717) is 40.4 Å². The Morgan fingerprint density at radius 1 is 1.09 bits per heavy atom. The smallest absolute Gasteiger partial charge is 0.335 e. The summed E-state index contributed by atoms with van der Waals surface area (Å²) in [5.74, 6) is -0.697. The molecule has 0 radical (unpaired) electrons. The molecule has 172 valence electrons. The lowest BCUT2D eigenvalue weighted by atomic mass is 10.1. The van der Waals surface area contributed by atoms with Crippen LogP contribution in [0.1, 0.15) is 28.4 Å². The molecule has 0 aromatic heterocycles. The van der Waals surface area contributed by atoms with Crippen molar-refractivity contribution in [2.75, 3.05) is 11.9 Å². The Labute approximate surface area is 205 Å². The van der Waals surface area contributed by atoms with Crippen molar-refractivity contribution in [2.45, 2.75) is 13.5 Å². The molecule has 8 heteroatoms. The average Bonchev–Trinajstić information content (AvgIpc) is 2.83. The number of anilines is 1. The quantitative estimate of drug-likeness (QED) is 0.278. The second-order valence-corrected chi connectivity index (χ2v) is 7.90. The Morgan fingerprint density at radius 2 is 1.79 bits per heavy atom. The van der Waals surface area contributed by atoms with E-state index in [1.165, 1.54) is 30.3 Å². The van der Waals surface area contributed by atoms with Crippen molar-refractivity contribution in [3.63, 3.8) is 0 Å². The maximum atomic E-state index is 12.6. The molecule has 2 N–H and O–H groups in total. The van der Waals surface area contributed by atoms with E-state index in [1.807, 2.05) is 43.3 Å². The Hall–Kier alpha value is -4.09. The molecule has 0 aliphatic heterocycles. The lowest BCUT2D eigenvalue weighted by molar-refractivity contribution is -0.112. The fourth-order valence-electron chi connectivity index (χ4n) is 3.01. The van der Waals surface area contributed by atoms with Gasteiger partial charge in [-0.1, -0.05) is 30.3 Å². The van der Waals surface area contributed by atoms with E-state index in [4.69, 9.17) is 14.6 Å². The van der Waals surface area contributed by atoms with Gasteiger partial charge in [0.15, 0.2) is 11.5 Å². The summed E-state index contributed by atoms with van der Waals surface area (Å²) in [6.45, 7) is 2.60. The molecule has 0 aliphatic rings. The first kappa shape index (κ1) is 24.6. The zero-order valence-electron chi connectivity index (χ0n) is 18.2. The third-order valence-electron chi connectivity index (χ3n) is 4.62. The SMILES string of the molecule is CCOc1cc(/C=C(\C#N)C(=O)Nc2ccc(C(=O)O)cc2)cc(Br)c1OCc1ccccc1. The monoisotopic (exact) mass is 520 g/mol. The third kappa shape index (κ3) is 6.47. The molecule has 0 saturated carbocycles. The number of aromatic carboxylic acids is 1. The molecule has 3 rings (SSSR count). The number of amides is 1. The largest absolute Gasteiger partial charge is 0.490 e. The summed E-state index contributed by atoms with van der Waals surface area (Å²) in [4.78, 5) is 23.6. The first-order valence-corrected chi connectivity index (χ1v) is 11.1. The number of carbonyl (C=O) groups excluding carboxylic acids is 1. The van der Waals surface area contributed by atoms with Gasteiger partial charge in [0.25, 0.3) is 5.91 Å². The second-order valence-electron chi connectivity index (χ2n) is 7.04. The minimum absolute atomic E-state index is 0.0944. The molecule has 7 nitrogen and oxygen atoms in total. The summed E-state index contributed by atoms with van der Waals surface area (Å²) in [5, 5.41) is 21.1. The number of rotatable bonds is 9. The number of benzene rings is 3. The van der Waals surface area contributed by atoms with Gasteiger partial charge in [-0.3, -0.25) is 4.79 Å². The highest BCUT2D eigenvalue weighted by Gasteiger charge is 2.15. The minimum Gasteiger partial charge on any atom is -0.490 e. The van der Waals surface area contributed by atoms with Crippen LogP contribution in [0.25, 0.3) is 6.08 Å². The average molecular weight is 521 g/mol. The standard InChI is InChI=1S/C26H21BrN2O5/c1-2-33-23-14-18(13-22(27)24(23)34-16-17-6-4-3-5-7-17)12-20(15-28)25(30)29-21-10-8-19(9-11-21)26(31)32/h3-14H,2,16H2,1H3,(H,29,30)(H,31,32)/b20-12+. The topological polar surface area (TPSA) is 109 Å². The molecule has 0 aliphatic carbocycles. The van der Waals surface area contributed by atoms with Crippen LogP contribution in [0, 0.1) is 11.3 Å². The van der Waals surface area contributed by atoms with E-state index in [1.54, 1.807) is 12.1 Å². The number of carboxylic acid groups (broad SMARTS) is 1. The molecule has 0 spiro atoms. The van der Waals surface area contributed by atoms with Crippen molar-refractivity contribution in [3.05, 3.63) is 93.5 Å². The first-order chi connectivity index (χ1) is 16.4. The van der Waals surface area contributed by atoms with Crippen molar-refractivity contribution in [1.29, 1.82) is 5.26 Å². The van der Waals surface area contributed by atoms with Crippen LogP contribution in [0.3, 0.4) is 0 Å². The van der Waals surface area contributed by atoms with E-state index in [9.17, 15) is 14.9 Å². The van der Waals surface area contributed by atoms with Crippen molar-refractivity contribution < 1.29 is 24.2 Å². The minimum atomic E-state index is -1.07. The lowest BCUT2D eigenvalue weighted by Crippen LogP contribution is -2.13. The molecule has 1 amide bonds. The number of nitrogens with zero attached hydrogens (tertiary/aromatic N) is 1. The van der Waals surface area contributed by atoms with Crippen LogP contribution in [0.5, 0.6) is 11.5 Å². The van der Waals surface area contributed by atoms with Gasteiger partial charge in [0.1, 0.15) is 18.2 Å². The fourth-order valence-corrected chi connectivity index (χ4v) is 3.59. The number of carbonyl (C=O) groups is 2. The predicted molar refractivity (Wildman–Crippen MR) is 132 cm³/mol. The van der Waals surface area contributed by atoms with Gasteiger partial charge < -0.3 is 19.9 Å². The predicted octanol–water partition coefficient (Wildman–Crippen LogP) is 5.67. The van der Waals surface area contributed by atoms with Gasteiger partial charge in [-0.15, -0.1) is 0 Å². The highest BCUT2D eigenvalue weighted by molar-refractivity contribution is 9.10. The van der Waals surface area contributed by atoms with Crippen LogP contribution in [0.15, 0.2) is 76.8 Å². The Kier molecular flexibility index (Phi) is 8.43. The number of ether oxygens (including phenoxy) is 2. The number of hydrogen-bond acceptors (Lipinski definition) is 5. The van der Waals surface area contributed by atoms with Crippen LogP contribution >= 0.6 is 15.9 Å². The molecule has 3 aromatic rings. The van der Waals surface area contributed by atoms with E-state index < -0.39 is 11.9 Å². The van der Waals surface area contributed by atoms with Gasteiger partial charge in [0, 0.05) is 5.69 Å². The van der Waals surface area contributed by atoms with Crippen LogP contribution in [-0.4, -0.2) is 23.6 Å². The highest BCUT2D eigenvalue weighted by Crippen LogP contribution is 2.38. The lowest BCUT2D eigenvalue weighted by Gasteiger charge is -2.15. The van der Waals surface area contributed by atoms with Crippen molar-refractivity contribution >= 4 is 39.6 Å². The van der Waals surface area contributed by atoms with E-state index in [-0.39, 0.29) is 11.1 Å². The summed E-state index contributed by atoms with van der Waals surface area (Å²) in [6, 6.07) is 20.7. The number of carboxylic acids is 1. The Morgan fingerprint density at radius 3 is 2.41 bits per heavy atom. The molecule has 0 fully saturated rings. The number of nitriles is 1. The molecule has 0 saturated heterocycles. The molecule has 0 bridgehead atoms. The van der Waals surface area contributed by atoms with E-state index in [0.717, 1.165) is 5.56 Å². The Bertz CT molecular complexity index is 1250. The van der Waals surface area contributed by atoms with Crippen LogP contribution < -0.4 is 14.8 Å². The maximum Gasteiger partial charge on any atom is 0.335 e. The molecule has 0 heterocycles. The molecule has 0 atom stereocenters. The van der Waals surface area contributed by atoms with Crippen molar-refractivity contribution in [3.8, 4) is 17.6 Å².